The van der Waals surface area contributed by atoms with Crippen LogP contribution < -0.4 is 15.4 Å². The predicted octanol–water partition coefficient (Wildman–Crippen LogP) is 2.30. The molecule has 0 saturated heterocycles. The molecule has 0 aliphatic rings. The molecule has 132 valence electrons. The van der Waals surface area contributed by atoms with E-state index in [1.807, 2.05) is 0 Å². The number of nitrogens with one attached hydrogen (secondary N) is 2. The van der Waals surface area contributed by atoms with Crippen molar-refractivity contribution in [1.29, 1.82) is 0 Å². The van der Waals surface area contributed by atoms with Gasteiger partial charge in [0.25, 0.3) is 11.8 Å². The van der Waals surface area contributed by atoms with Crippen LogP contribution >= 0.6 is 11.6 Å². The molecule has 0 fully saturated rings. The highest BCUT2D eigenvalue weighted by molar-refractivity contribution is 6.30. The third-order valence-corrected chi connectivity index (χ3v) is 3.27. The molecule has 2 rings (SSSR count). The molecule has 0 aliphatic heterocycles. The van der Waals surface area contributed by atoms with Gasteiger partial charge in [-0.3, -0.25) is 9.59 Å². The number of carbonyl (C=O) groups excluding carboxylic acids is 2. The van der Waals surface area contributed by atoms with Gasteiger partial charge in [0.05, 0.1) is 5.02 Å². The summed E-state index contributed by atoms with van der Waals surface area (Å²) in [6.45, 7) is 3.65. The molecule has 7 nitrogen and oxygen atoms in total. The van der Waals surface area contributed by atoms with Crippen molar-refractivity contribution in [1.82, 2.24) is 15.6 Å². The number of rotatable bonds is 8. The fraction of sp³-hybridized carbons (Fsp3) is 0.188. The van der Waals surface area contributed by atoms with Gasteiger partial charge in [-0.05, 0) is 12.1 Å². The molecule has 0 aliphatic carbocycles. The number of aromatic nitrogens is 1. The molecule has 25 heavy (non-hydrogen) atoms. The Kier molecular flexibility index (Phi) is 6.53. The molecule has 9 heteroatoms. The van der Waals surface area contributed by atoms with Crippen LogP contribution in [0.3, 0.4) is 0 Å². The topological polar surface area (TPSA) is 93.5 Å². The number of halogens is 2. The maximum absolute atomic E-state index is 13.2. The maximum atomic E-state index is 13.2. The monoisotopic (exact) mass is 367 g/mol. The minimum absolute atomic E-state index is 0.0250. The van der Waals surface area contributed by atoms with Gasteiger partial charge < -0.3 is 19.8 Å². The lowest BCUT2D eigenvalue weighted by molar-refractivity contribution is -0.123. The van der Waals surface area contributed by atoms with E-state index in [0.29, 0.717) is 12.1 Å². The van der Waals surface area contributed by atoms with E-state index >= 15 is 0 Å². The first-order valence-electron chi connectivity index (χ1n) is 7.17. The predicted molar refractivity (Wildman–Crippen MR) is 87.6 cm³/mol. The van der Waals surface area contributed by atoms with Crippen LogP contribution in [-0.4, -0.2) is 29.9 Å². The third-order valence-electron chi connectivity index (χ3n) is 2.97. The summed E-state index contributed by atoms with van der Waals surface area (Å²) in [4.78, 5) is 27.0. The molecule has 2 N–H and O–H groups in total. The average Bonchev–Trinajstić information content (AvgIpc) is 3.10. The molecule has 0 atom stereocenters. The molecular formula is C16H15ClFN3O4. The van der Waals surface area contributed by atoms with E-state index in [-0.39, 0.29) is 29.6 Å². The van der Waals surface area contributed by atoms with Crippen LogP contribution in [0.1, 0.15) is 16.9 Å². The molecule has 0 spiro atoms. The van der Waals surface area contributed by atoms with Gasteiger partial charge in [-0.15, -0.1) is 0 Å². The number of nitrogens with zero attached hydrogens (tertiary/aromatic N) is 1. The minimum Gasteiger partial charge on any atom is -0.484 e. The van der Waals surface area contributed by atoms with Crippen molar-refractivity contribution in [3.63, 3.8) is 0 Å². The molecule has 0 unspecified atom stereocenters. The van der Waals surface area contributed by atoms with Crippen molar-refractivity contribution in [2.75, 3.05) is 13.2 Å². The van der Waals surface area contributed by atoms with Gasteiger partial charge in [-0.1, -0.05) is 18.2 Å². The second-order valence-electron chi connectivity index (χ2n) is 4.90. The van der Waals surface area contributed by atoms with E-state index in [0.717, 1.165) is 12.5 Å². The van der Waals surface area contributed by atoms with Crippen LogP contribution in [0, 0.1) is 5.82 Å². The zero-order chi connectivity index (χ0) is 18.2. The second kappa shape index (κ2) is 8.84. The van der Waals surface area contributed by atoms with Gasteiger partial charge in [0.1, 0.15) is 17.8 Å². The van der Waals surface area contributed by atoms with Crippen molar-refractivity contribution >= 4 is 23.4 Å². The number of hydrogen-bond acceptors (Lipinski definition) is 5. The van der Waals surface area contributed by atoms with E-state index < -0.39 is 17.6 Å². The van der Waals surface area contributed by atoms with E-state index in [1.165, 1.54) is 18.4 Å². The summed E-state index contributed by atoms with van der Waals surface area (Å²) in [7, 11) is 0. The molecular weight excluding hydrogens is 353 g/mol. The summed E-state index contributed by atoms with van der Waals surface area (Å²) in [5.74, 6) is -1.27. The van der Waals surface area contributed by atoms with Crippen molar-refractivity contribution in [2.24, 2.45) is 0 Å². The zero-order valence-electron chi connectivity index (χ0n) is 13.1. The van der Waals surface area contributed by atoms with Crippen LogP contribution in [0.4, 0.5) is 4.39 Å². The fourth-order valence-corrected chi connectivity index (χ4v) is 1.85. The van der Waals surface area contributed by atoms with Crippen molar-refractivity contribution in [2.45, 2.75) is 6.42 Å². The molecule has 1 aromatic carbocycles. The Balaban J connectivity index is 1.65. The maximum Gasteiger partial charge on any atom is 0.277 e. The van der Waals surface area contributed by atoms with Gasteiger partial charge in [0.15, 0.2) is 18.7 Å². The summed E-state index contributed by atoms with van der Waals surface area (Å²) in [6, 6.07) is 3.89. The van der Waals surface area contributed by atoms with Crippen LogP contribution in [0.15, 0.2) is 47.5 Å². The molecule has 0 bridgehead atoms. The lowest BCUT2D eigenvalue weighted by atomic mass is 10.3. The number of ether oxygens (including phenoxy) is 1. The normalized spacial score (nSPS) is 10.2. The van der Waals surface area contributed by atoms with Gasteiger partial charge >= 0.3 is 0 Å². The first-order chi connectivity index (χ1) is 12.0. The fourth-order valence-electron chi connectivity index (χ4n) is 1.73. The molecule has 1 aromatic heterocycles. The Morgan fingerprint density at radius 1 is 1.40 bits per heavy atom. The summed E-state index contributed by atoms with van der Waals surface area (Å²) in [5, 5.41) is 5.10. The minimum atomic E-state index is -0.626. The number of benzene rings is 1. The van der Waals surface area contributed by atoms with Gasteiger partial charge in [-0.2, -0.15) is 0 Å². The van der Waals surface area contributed by atoms with Crippen molar-refractivity contribution in [3.05, 3.63) is 59.7 Å². The van der Waals surface area contributed by atoms with E-state index in [9.17, 15) is 14.0 Å². The van der Waals surface area contributed by atoms with E-state index in [4.69, 9.17) is 20.8 Å². The molecule has 0 saturated carbocycles. The highest BCUT2D eigenvalue weighted by Gasteiger charge is 2.10. The SMILES string of the molecule is C=C(CCNC(=O)COc1ccc(Cl)c(F)c1)NC(=O)c1cocn1. The Morgan fingerprint density at radius 3 is 2.88 bits per heavy atom. The lowest BCUT2D eigenvalue weighted by Gasteiger charge is -2.09. The smallest absolute Gasteiger partial charge is 0.277 e. The first-order valence-corrected chi connectivity index (χ1v) is 7.55. The quantitative estimate of drug-likeness (QED) is 0.746. The molecule has 2 aromatic rings. The van der Waals surface area contributed by atoms with Gasteiger partial charge in [0, 0.05) is 24.7 Å². The molecule has 0 radical (unpaired) electrons. The third kappa shape index (κ3) is 5.92. The van der Waals surface area contributed by atoms with Crippen LogP contribution in [0.25, 0.3) is 0 Å². The highest BCUT2D eigenvalue weighted by Crippen LogP contribution is 2.20. The van der Waals surface area contributed by atoms with Gasteiger partial charge in [0.2, 0.25) is 0 Å². The summed E-state index contributed by atoms with van der Waals surface area (Å²) in [5.41, 5.74) is 0.544. The lowest BCUT2D eigenvalue weighted by Crippen LogP contribution is -2.31. The molecule has 1 heterocycles. The van der Waals surface area contributed by atoms with Crippen molar-refractivity contribution in [3.8, 4) is 5.75 Å². The van der Waals surface area contributed by atoms with E-state index in [1.54, 1.807) is 0 Å². The average molecular weight is 368 g/mol. The standard InChI is InChI=1S/C16H15ClFN3O4/c1-10(21-16(23)14-7-24-9-20-14)4-5-19-15(22)8-25-11-2-3-12(17)13(18)6-11/h2-3,6-7,9H,1,4-5,8H2,(H,19,22)(H,21,23). The largest absolute Gasteiger partial charge is 0.484 e. The first kappa shape index (κ1) is 18.5. The van der Waals surface area contributed by atoms with Crippen LogP contribution in [-0.2, 0) is 4.79 Å². The van der Waals surface area contributed by atoms with Gasteiger partial charge in [-0.25, -0.2) is 9.37 Å². The number of carbonyl (C=O) groups is 2. The number of oxazole rings is 1. The van der Waals surface area contributed by atoms with Crippen LogP contribution in [0.5, 0.6) is 5.75 Å². The van der Waals surface area contributed by atoms with E-state index in [2.05, 4.69) is 22.2 Å². The Hall–Kier alpha value is -2.87. The summed E-state index contributed by atoms with van der Waals surface area (Å²) < 4.78 is 23.1. The molecule has 2 amide bonds. The Labute approximate surface area is 147 Å². The Morgan fingerprint density at radius 2 is 2.20 bits per heavy atom. The van der Waals surface area contributed by atoms with Crippen molar-refractivity contribution < 1.29 is 23.1 Å². The zero-order valence-corrected chi connectivity index (χ0v) is 13.8. The summed E-state index contributed by atoms with van der Waals surface area (Å²) in [6.07, 6.45) is 2.68. The highest BCUT2D eigenvalue weighted by atomic mass is 35.5. The second-order valence-corrected chi connectivity index (χ2v) is 5.30. The Bertz CT molecular complexity index is 765. The number of amides is 2. The summed E-state index contributed by atoms with van der Waals surface area (Å²) >= 11 is 5.55. The van der Waals surface area contributed by atoms with Crippen LogP contribution in [0.2, 0.25) is 5.02 Å². The number of hydrogen-bond donors (Lipinski definition) is 2.